The number of hydrogen-bond donors (Lipinski definition) is 0. The van der Waals surface area contributed by atoms with Crippen LogP contribution >= 0.6 is 0 Å². The Morgan fingerprint density at radius 2 is 1.18 bits per heavy atom. The minimum Gasteiger partial charge on any atom is -0.497 e. The molecule has 144 valence electrons. The molecule has 3 aromatic rings. The number of rotatable bonds is 4. The standard InChI is InChI=1S/C25H24F2O/c1-28-21-13-11-20(12-14-21)23-16-15-22(24(26)25(23)27)19-9-7-18(8-10-19)17-5-3-2-4-6-17/h7-17H,2-6H2,1H3. The maximum atomic E-state index is 14.8. The largest absolute Gasteiger partial charge is 0.497 e. The molecule has 0 spiro atoms. The third-order valence-electron chi connectivity index (χ3n) is 5.78. The van der Waals surface area contributed by atoms with Crippen molar-refractivity contribution in [2.24, 2.45) is 0 Å². The summed E-state index contributed by atoms with van der Waals surface area (Å²) in [5.41, 5.74) is 3.18. The molecule has 0 bridgehead atoms. The highest BCUT2D eigenvalue weighted by Crippen LogP contribution is 2.35. The first-order chi connectivity index (χ1) is 13.7. The van der Waals surface area contributed by atoms with Crippen molar-refractivity contribution >= 4 is 0 Å². The Morgan fingerprint density at radius 3 is 1.68 bits per heavy atom. The molecule has 1 saturated carbocycles. The van der Waals surface area contributed by atoms with E-state index < -0.39 is 11.6 Å². The lowest BCUT2D eigenvalue weighted by molar-refractivity contribution is 0.415. The fourth-order valence-electron chi connectivity index (χ4n) is 4.14. The van der Waals surface area contributed by atoms with Gasteiger partial charge in [0.25, 0.3) is 0 Å². The van der Waals surface area contributed by atoms with E-state index >= 15 is 0 Å². The molecule has 0 atom stereocenters. The summed E-state index contributed by atoms with van der Waals surface area (Å²) in [6.45, 7) is 0. The molecule has 0 aromatic heterocycles. The van der Waals surface area contributed by atoms with E-state index in [0.717, 1.165) is 0 Å². The molecule has 3 heteroatoms. The van der Waals surface area contributed by atoms with Crippen LogP contribution < -0.4 is 4.74 Å². The van der Waals surface area contributed by atoms with E-state index in [1.165, 1.54) is 37.7 Å². The molecule has 1 fully saturated rings. The zero-order valence-corrected chi connectivity index (χ0v) is 16.1. The van der Waals surface area contributed by atoms with E-state index in [2.05, 4.69) is 12.1 Å². The quantitative estimate of drug-likeness (QED) is 0.461. The summed E-state index contributed by atoms with van der Waals surface area (Å²) in [6.07, 6.45) is 6.32. The lowest BCUT2D eigenvalue weighted by Gasteiger charge is -2.22. The van der Waals surface area contributed by atoms with Crippen LogP contribution in [-0.2, 0) is 0 Å². The molecule has 0 aliphatic heterocycles. The maximum absolute atomic E-state index is 14.8. The number of hydrogen-bond acceptors (Lipinski definition) is 1. The van der Waals surface area contributed by atoms with Gasteiger partial charge in [-0.15, -0.1) is 0 Å². The van der Waals surface area contributed by atoms with E-state index in [9.17, 15) is 8.78 Å². The second-order valence-electron chi connectivity index (χ2n) is 7.47. The van der Waals surface area contributed by atoms with Crippen molar-refractivity contribution in [3.63, 3.8) is 0 Å². The van der Waals surface area contributed by atoms with Crippen molar-refractivity contribution in [2.45, 2.75) is 38.0 Å². The molecular weight excluding hydrogens is 354 g/mol. The molecule has 28 heavy (non-hydrogen) atoms. The fraction of sp³-hybridized carbons (Fsp3) is 0.280. The minimum absolute atomic E-state index is 0.253. The lowest BCUT2D eigenvalue weighted by atomic mass is 9.83. The van der Waals surface area contributed by atoms with Crippen LogP contribution in [0.15, 0.2) is 60.7 Å². The molecule has 0 saturated heterocycles. The van der Waals surface area contributed by atoms with E-state index in [0.29, 0.717) is 28.4 Å². The highest BCUT2D eigenvalue weighted by molar-refractivity contribution is 5.72. The van der Waals surface area contributed by atoms with Gasteiger partial charge in [0, 0.05) is 11.1 Å². The molecule has 1 aliphatic rings. The second-order valence-corrected chi connectivity index (χ2v) is 7.47. The van der Waals surface area contributed by atoms with Gasteiger partial charge in [0.1, 0.15) is 5.75 Å². The first-order valence-corrected chi connectivity index (χ1v) is 9.90. The Labute approximate surface area is 165 Å². The van der Waals surface area contributed by atoms with Crippen LogP contribution in [0.2, 0.25) is 0 Å². The van der Waals surface area contributed by atoms with Crippen LogP contribution in [0, 0.1) is 11.6 Å². The highest BCUT2D eigenvalue weighted by Gasteiger charge is 2.18. The molecule has 0 amide bonds. The van der Waals surface area contributed by atoms with E-state index in [4.69, 9.17) is 4.74 Å². The van der Waals surface area contributed by atoms with Crippen LogP contribution in [0.5, 0.6) is 5.75 Å². The zero-order chi connectivity index (χ0) is 19.5. The van der Waals surface area contributed by atoms with E-state index in [-0.39, 0.29) is 5.56 Å². The molecule has 0 radical (unpaired) electrons. The first-order valence-electron chi connectivity index (χ1n) is 9.90. The Bertz CT molecular complexity index is 940. The average Bonchev–Trinajstić information content (AvgIpc) is 2.76. The van der Waals surface area contributed by atoms with Gasteiger partial charge in [-0.3, -0.25) is 0 Å². The second kappa shape index (κ2) is 8.14. The molecule has 3 aromatic carbocycles. The summed E-state index contributed by atoms with van der Waals surface area (Å²) in [5, 5.41) is 0. The zero-order valence-electron chi connectivity index (χ0n) is 16.1. The van der Waals surface area contributed by atoms with Gasteiger partial charge < -0.3 is 4.74 Å². The van der Waals surface area contributed by atoms with Crippen LogP contribution in [0.1, 0.15) is 43.6 Å². The number of halogens is 2. The van der Waals surface area contributed by atoms with E-state index in [1.807, 2.05) is 12.1 Å². The number of benzene rings is 3. The summed E-state index contributed by atoms with van der Waals surface area (Å²) < 4.78 is 34.7. The van der Waals surface area contributed by atoms with Gasteiger partial charge in [0.15, 0.2) is 11.6 Å². The highest BCUT2D eigenvalue weighted by atomic mass is 19.2. The van der Waals surface area contributed by atoms with Crippen LogP contribution in [0.3, 0.4) is 0 Å². The fourth-order valence-corrected chi connectivity index (χ4v) is 4.14. The predicted octanol–water partition coefficient (Wildman–Crippen LogP) is 7.36. The predicted molar refractivity (Wildman–Crippen MR) is 110 cm³/mol. The third-order valence-corrected chi connectivity index (χ3v) is 5.78. The van der Waals surface area contributed by atoms with Gasteiger partial charge in [0.2, 0.25) is 0 Å². The van der Waals surface area contributed by atoms with Crippen LogP contribution in [0.4, 0.5) is 8.78 Å². The Balaban J connectivity index is 1.62. The Morgan fingerprint density at radius 1 is 0.679 bits per heavy atom. The van der Waals surface area contributed by atoms with Gasteiger partial charge in [-0.25, -0.2) is 8.78 Å². The molecule has 1 nitrogen and oxygen atoms in total. The third kappa shape index (κ3) is 3.66. The van der Waals surface area contributed by atoms with Crippen molar-refractivity contribution in [3.05, 3.63) is 77.9 Å². The van der Waals surface area contributed by atoms with Crippen molar-refractivity contribution < 1.29 is 13.5 Å². The SMILES string of the molecule is COc1ccc(-c2ccc(-c3ccc(C4CCCCC4)cc3)c(F)c2F)cc1. The molecule has 1 aliphatic carbocycles. The van der Waals surface area contributed by atoms with Crippen molar-refractivity contribution in [1.82, 2.24) is 0 Å². The number of methoxy groups -OCH3 is 1. The normalized spacial score (nSPS) is 14.8. The summed E-state index contributed by atoms with van der Waals surface area (Å²) in [7, 11) is 1.57. The van der Waals surface area contributed by atoms with Gasteiger partial charge in [0.05, 0.1) is 7.11 Å². The van der Waals surface area contributed by atoms with Gasteiger partial charge in [-0.1, -0.05) is 67.8 Å². The summed E-state index contributed by atoms with van der Waals surface area (Å²) in [4.78, 5) is 0. The van der Waals surface area contributed by atoms with Crippen LogP contribution in [-0.4, -0.2) is 7.11 Å². The molecule has 0 N–H and O–H groups in total. The molecule has 0 heterocycles. The molecular formula is C25H24F2O. The van der Waals surface area contributed by atoms with Crippen molar-refractivity contribution in [1.29, 1.82) is 0 Å². The van der Waals surface area contributed by atoms with Crippen LogP contribution in [0.25, 0.3) is 22.3 Å². The Kier molecular flexibility index (Phi) is 5.43. The summed E-state index contributed by atoms with van der Waals surface area (Å²) in [6, 6.07) is 18.2. The summed E-state index contributed by atoms with van der Waals surface area (Å²) in [5.74, 6) is -0.348. The van der Waals surface area contributed by atoms with E-state index in [1.54, 1.807) is 43.5 Å². The molecule has 4 rings (SSSR count). The lowest BCUT2D eigenvalue weighted by Crippen LogP contribution is -2.04. The Hall–Kier alpha value is -2.68. The minimum atomic E-state index is -0.820. The average molecular weight is 378 g/mol. The maximum Gasteiger partial charge on any atom is 0.167 e. The topological polar surface area (TPSA) is 9.23 Å². The number of ether oxygens (including phenoxy) is 1. The van der Waals surface area contributed by atoms with Crippen molar-refractivity contribution in [2.75, 3.05) is 7.11 Å². The smallest absolute Gasteiger partial charge is 0.167 e. The van der Waals surface area contributed by atoms with Crippen molar-refractivity contribution in [3.8, 4) is 28.0 Å². The monoisotopic (exact) mass is 378 g/mol. The van der Waals surface area contributed by atoms with Gasteiger partial charge >= 0.3 is 0 Å². The van der Waals surface area contributed by atoms with Gasteiger partial charge in [-0.05, 0) is 47.6 Å². The molecule has 0 unspecified atom stereocenters. The van der Waals surface area contributed by atoms with Gasteiger partial charge in [-0.2, -0.15) is 0 Å². The summed E-state index contributed by atoms with van der Waals surface area (Å²) >= 11 is 0. The first kappa shape index (κ1) is 18.7.